The molecule has 0 aromatic carbocycles. The molecule has 4 nitrogen and oxygen atoms in total. The predicted octanol–water partition coefficient (Wildman–Crippen LogP) is 2.59. The summed E-state index contributed by atoms with van der Waals surface area (Å²) in [5.74, 6) is 0.863. The van der Waals surface area contributed by atoms with Crippen molar-refractivity contribution in [3.8, 4) is 0 Å². The van der Waals surface area contributed by atoms with Crippen molar-refractivity contribution >= 4 is 16.5 Å². The van der Waals surface area contributed by atoms with Gasteiger partial charge in [-0.3, -0.25) is 0 Å². The highest BCUT2D eigenvalue weighted by Gasteiger charge is 2.32. The molecular formula is C13H24N4S. The molecule has 1 N–H and O–H groups in total. The van der Waals surface area contributed by atoms with Gasteiger partial charge in [-0.05, 0) is 32.9 Å². The van der Waals surface area contributed by atoms with Crippen molar-refractivity contribution in [1.29, 1.82) is 0 Å². The van der Waals surface area contributed by atoms with Gasteiger partial charge in [0.25, 0.3) is 0 Å². The maximum Gasteiger partial charge on any atom is 0.205 e. The highest BCUT2D eigenvalue weighted by atomic mass is 32.1. The average Bonchev–Trinajstić information content (AvgIpc) is 2.94. The normalized spacial score (nSPS) is 18.1. The lowest BCUT2D eigenvalue weighted by Gasteiger charge is -2.24. The van der Waals surface area contributed by atoms with Gasteiger partial charge < -0.3 is 10.2 Å². The van der Waals surface area contributed by atoms with Crippen LogP contribution in [0.15, 0.2) is 0 Å². The quantitative estimate of drug-likeness (QED) is 0.891. The Labute approximate surface area is 114 Å². The smallest absolute Gasteiger partial charge is 0.205 e. The van der Waals surface area contributed by atoms with Crippen molar-refractivity contribution in [1.82, 2.24) is 15.1 Å². The number of hydrogen-bond acceptors (Lipinski definition) is 5. The van der Waals surface area contributed by atoms with E-state index in [9.17, 15) is 0 Å². The molecule has 0 radical (unpaired) electrons. The number of nitrogens with one attached hydrogen (secondary N) is 1. The number of aromatic nitrogens is 2. The second kappa shape index (κ2) is 5.13. The second-order valence-corrected chi connectivity index (χ2v) is 7.39. The fourth-order valence-electron chi connectivity index (χ4n) is 2.04. The van der Waals surface area contributed by atoms with E-state index in [0.29, 0.717) is 6.04 Å². The molecule has 0 spiro atoms. The molecule has 1 fully saturated rings. The average molecular weight is 268 g/mol. The summed E-state index contributed by atoms with van der Waals surface area (Å²) in [4.78, 5) is 2.32. The Morgan fingerprint density at radius 3 is 2.44 bits per heavy atom. The SMILES string of the molecule is CN(C)C(CNc1nnc(C(C)(C)C)s1)C1CC1. The van der Waals surface area contributed by atoms with Gasteiger partial charge in [-0.15, -0.1) is 10.2 Å². The molecular weight excluding hydrogens is 244 g/mol. The van der Waals surface area contributed by atoms with Gasteiger partial charge in [-0.1, -0.05) is 32.1 Å². The molecule has 18 heavy (non-hydrogen) atoms. The van der Waals surface area contributed by atoms with E-state index in [1.807, 2.05) is 0 Å². The van der Waals surface area contributed by atoms with Gasteiger partial charge in [-0.25, -0.2) is 0 Å². The summed E-state index contributed by atoms with van der Waals surface area (Å²) < 4.78 is 0. The topological polar surface area (TPSA) is 41.0 Å². The lowest BCUT2D eigenvalue weighted by Crippen LogP contribution is -2.36. The number of likely N-dealkylation sites (N-methyl/N-ethyl adjacent to an activating group) is 1. The van der Waals surface area contributed by atoms with Crippen LogP contribution in [0.1, 0.15) is 38.6 Å². The molecule has 1 saturated carbocycles. The van der Waals surface area contributed by atoms with E-state index in [2.05, 4.69) is 55.3 Å². The van der Waals surface area contributed by atoms with Crippen LogP contribution in [0.5, 0.6) is 0 Å². The first kappa shape index (κ1) is 13.7. The summed E-state index contributed by atoms with van der Waals surface area (Å²) in [6.45, 7) is 7.48. The molecule has 0 saturated heterocycles. The number of anilines is 1. The predicted molar refractivity (Wildman–Crippen MR) is 77.3 cm³/mol. The van der Waals surface area contributed by atoms with E-state index in [1.165, 1.54) is 12.8 Å². The van der Waals surface area contributed by atoms with Crippen LogP contribution in [0.2, 0.25) is 0 Å². The molecule has 1 aromatic heterocycles. The zero-order valence-electron chi connectivity index (χ0n) is 12.0. The van der Waals surface area contributed by atoms with Crippen molar-refractivity contribution < 1.29 is 0 Å². The summed E-state index contributed by atoms with van der Waals surface area (Å²) in [6, 6.07) is 0.618. The summed E-state index contributed by atoms with van der Waals surface area (Å²) in [5.41, 5.74) is 0.0923. The minimum absolute atomic E-state index is 0.0923. The number of rotatable bonds is 5. The largest absolute Gasteiger partial charge is 0.358 e. The Morgan fingerprint density at radius 1 is 1.33 bits per heavy atom. The standard InChI is InChI=1S/C13H24N4S/c1-13(2,3)11-15-16-12(18-11)14-8-10(17(4)5)9-6-7-9/h9-10H,6-8H2,1-5H3,(H,14,16). The summed E-state index contributed by atoms with van der Waals surface area (Å²) in [5, 5.41) is 14.0. The van der Waals surface area contributed by atoms with Gasteiger partial charge in [0.1, 0.15) is 5.01 Å². The fraction of sp³-hybridized carbons (Fsp3) is 0.846. The second-order valence-electron chi connectivity index (χ2n) is 6.41. The van der Waals surface area contributed by atoms with Crippen LogP contribution in [0.3, 0.4) is 0 Å². The number of hydrogen-bond donors (Lipinski definition) is 1. The molecule has 1 aliphatic carbocycles. The van der Waals surface area contributed by atoms with Crippen LogP contribution in [-0.2, 0) is 5.41 Å². The van der Waals surface area contributed by atoms with Crippen LogP contribution < -0.4 is 5.32 Å². The van der Waals surface area contributed by atoms with Crippen molar-refractivity contribution in [2.45, 2.75) is 45.1 Å². The van der Waals surface area contributed by atoms with Gasteiger partial charge >= 0.3 is 0 Å². The molecule has 0 aliphatic heterocycles. The summed E-state index contributed by atoms with van der Waals surface area (Å²) in [7, 11) is 4.32. The van der Waals surface area contributed by atoms with Crippen LogP contribution in [-0.4, -0.2) is 41.8 Å². The Kier molecular flexibility index (Phi) is 3.92. The Bertz CT molecular complexity index is 388. The van der Waals surface area contributed by atoms with Crippen molar-refractivity contribution in [3.05, 3.63) is 5.01 Å². The molecule has 1 atom stereocenters. The van der Waals surface area contributed by atoms with E-state index < -0.39 is 0 Å². The highest BCUT2D eigenvalue weighted by molar-refractivity contribution is 7.15. The van der Waals surface area contributed by atoms with Crippen molar-refractivity contribution in [3.63, 3.8) is 0 Å². The Hall–Kier alpha value is -0.680. The number of nitrogens with zero attached hydrogens (tertiary/aromatic N) is 3. The van der Waals surface area contributed by atoms with E-state index >= 15 is 0 Å². The van der Waals surface area contributed by atoms with Gasteiger partial charge in [-0.2, -0.15) is 0 Å². The first-order valence-corrected chi connectivity index (χ1v) is 7.44. The molecule has 102 valence electrons. The van der Waals surface area contributed by atoms with E-state index in [-0.39, 0.29) is 5.41 Å². The van der Waals surface area contributed by atoms with E-state index in [1.54, 1.807) is 11.3 Å². The molecule has 1 aromatic rings. The van der Waals surface area contributed by atoms with Gasteiger partial charge in [0.05, 0.1) is 0 Å². The van der Waals surface area contributed by atoms with Crippen LogP contribution in [0.4, 0.5) is 5.13 Å². The zero-order chi connectivity index (χ0) is 13.3. The van der Waals surface area contributed by atoms with Gasteiger partial charge in [0, 0.05) is 18.0 Å². The van der Waals surface area contributed by atoms with Crippen molar-refractivity contribution in [2.75, 3.05) is 26.0 Å². The summed E-state index contributed by atoms with van der Waals surface area (Å²) in [6.07, 6.45) is 2.74. The summed E-state index contributed by atoms with van der Waals surface area (Å²) >= 11 is 1.67. The molecule has 0 amide bonds. The van der Waals surface area contributed by atoms with E-state index in [4.69, 9.17) is 0 Å². The molecule has 2 rings (SSSR count). The monoisotopic (exact) mass is 268 g/mol. The van der Waals surface area contributed by atoms with Crippen molar-refractivity contribution in [2.24, 2.45) is 5.92 Å². The third-order valence-corrected chi connectivity index (χ3v) is 4.67. The first-order chi connectivity index (χ1) is 8.38. The Morgan fingerprint density at radius 2 is 2.00 bits per heavy atom. The minimum atomic E-state index is 0.0923. The van der Waals surface area contributed by atoms with E-state index in [0.717, 1.165) is 22.6 Å². The molecule has 0 bridgehead atoms. The van der Waals surface area contributed by atoms with Crippen LogP contribution in [0.25, 0.3) is 0 Å². The third-order valence-electron chi connectivity index (χ3n) is 3.36. The third kappa shape index (κ3) is 3.42. The van der Waals surface area contributed by atoms with Crippen LogP contribution >= 0.6 is 11.3 Å². The lowest BCUT2D eigenvalue weighted by molar-refractivity contribution is 0.276. The zero-order valence-corrected chi connectivity index (χ0v) is 12.8. The fourth-order valence-corrected chi connectivity index (χ4v) is 2.85. The molecule has 1 heterocycles. The van der Waals surface area contributed by atoms with Gasteiger partial charge in [0.15, 0.2) is 0 Å². The van der Waals surface area contributed by atoms with Crippen LogP contribution in [0, 0.1) is 5.92 Å². The van der Waals surface area contributed by atoms with Gasteiger partial charge in [0.2, 0.25) is 5.13 Å². The molecule has 5 heteroatoms. The first-order valence-electron chi connectivity index (χ1n) is 6.62. The highest BCUT2D eigenvalue weighted by Crippen LogP contribution is 2.35. The maximum absolute atomic E-state index is 4.26. The minimum Gasteiger partial charge on any atom is -0.358 e. The Balaban J connectivity index is 1.91. The molecule has 1 aliphatic rings. The maximum atomic E-state index is 4.26. The molecule has 1 unspecified atom stereocenters. The lowest BCUT2D eigenvalue weighted by atomic mass is 9.98.